The highest BCUT2D eigenvalue weighted by Crippen LogP contribution is 2.50. The Kier molecular flexibility index (Phi) is 8.50. The molecule has 2 saturated carbocycles. The van der Waals surface area contributed by atoms with Gasteiger partial charge in [-0.2, -0.15) is 0 Å². The van der Waals surface area contributed by atoms with Crippen molar-refractivity contribution in [3.8, 4) is 11.1 Å². The second kappa shape index (κ2) is 11.3. The van der Waals surface area contributed by atoms with E-state index in [4.69, 9.17) is 13.9 Å². The van der Waals surface area contributed by atoms with Gasteiger partial charge in [-0.25, -0.2) is 4.39 Å². The maximum Gasteiger partial charge on any atom is 0.192 e. The molecule has 0 N–H and O–H groups in total. The van der Waals surface area contributed by atoms with Crippen LogP contribution in [0.25, 0.3) is 17.2 Å². The van der Waals surface area contributed by atoms with Crippen LogP contribution in [0.4, 0.5) is 4.39 Å². The molecule has 4 nitrogen and oxygen atoms in total. The van der Waals surface area contributed by atoms with E-state index in [1.54, 1.807) is 19.2 Å². The summed E-state index contributed by atoms with van der Waals surface area (Å²) < 4.78 is 31.7. The number of benzene rings is 1. The van der Waals surface area contributed by atoms with Gasteiger partial charge in [-0.1, -0.05) is 45.0 Å². The summed E-state index contributed by atoms with van der Waals surface area (Å²) >= 11 is 0. The Balaban J connectivity index is 1.52. The summed E-state index contributed by atoms with van der Waals surface area (Å²) in [6.07, 6.45) is 11.2. The van der Waals surface area contributed by atoms with E-state index in [0.29, 0.717) is 24.5 Å². The van der Waals surface area contributed by atoms with Crippen LogP contribution in [0.3, 0.4) is 0 Å². The quantitative estimate of drug-likeness (QED) is 0.269. The zero-order chi connectivity index (χ0) is 25.9. The number of ether oxygens (including phenoxy) is 2. The van der Waals surface area contributed by atoms with Crippen LogP contribution in [-0.4, -0.2) is 39.4 Å². The van der Waals surface area contributed by atoms with Crippen molar-refractivity contribution in [1.82, 2.24) is 4.98 Å². The first-order valence-corrected chi connectivity index (χ1v) is 16.2. The van der Waals surface area contributed by atoms with Crippen molar-refractivity contribution in [3.63, 3.8) is 0 Å². The molecule has 0 radical (unpaired) electrons. The van der Waals surface area contributed by atoms with Crippen LogP contribution in [-0.2, 0) is 13.9 Å². The Bertz CT molecular complexity index is 1030. The molecule has 2 aliphatic carbocycles. The molecule has 6 heteroatoms. The molecule has 5 atom stereocenters. The molecule has 1 aromatic carbocycles. The van der Waals surface area contributed by atoms with E-state index in [-0.39, 0.29) is 23.1 Å². The van der Waals surface area contributed by atoms with Crippen molar-refractivity contribution >= 4 is 14.4 Å². The molecule has 1 aromatic heterocycles. The highest BCUT2D eigenvalue weighted by Gasteiger charge is 2.49. The Hall–Kier alpha value is -1.86. The van der Waals surface area contributed by atoms with E-state index in [2.05, 4.69) is 51.0 Å². The molecule has 0 spiro atoms. The van der Waals surface area contributed by atoms with E-state index in [0.717, 1.165) is 42.5 Å². The number of halogens is 1. The molecule has 0 aliphatic heterocycles. The number of pyridine rings is 1. The predicted molar refractivity (Wildman–Crippen MR) is 146 cm³/mol. The van der Waals surface area contributed by atoms with Crippen molar-refractivity contribution in [3.05, 3.63) is 60.2 Å². The zero-order valence-electron chi connectivity index (χ0n) is 22.7. The fraction of sp³-hybridized carbons (Fsp3) is 0.567. The number of aromatic nitrogens is 1. The Morgan fingerprint density at radius 1 is 1.08 bits per heavy atom. The maximum atomic E-state index is 13.6. The summed E-state index contributed by atoms with van der Waals surface area (Å²) in [5.41, 5.74) is 2.68. The van der Waals surface area contributed by atoms with Gasteiger partial charge in [-0.3, -0.25) is 4.98 Å². The molecule has 0 bridgehead atoms. The van der Waals surface area contributed by atoms with Gasteiger partial charge in [0.2, 0.25) is 0 Å². The number of hydrogen-bond donors (Lipinski definition) is 0. The molecule has 0 unspecified atom stereocenters. The smallest absolute Gasteiger partial charge is 0.192 e. The van der Waals surface area contributed by atoms with Gasteiger partial charge < -0.3 is 13.9 Å². The lowest BCUT2D eigenvalue weighted by Crippen LogP contribution is -2.45. The van der Waals surface area contributed by atoms with E-state index in [1.807, 2.05) is 24.4 Å². The zero-order valence-corrected chi connectivity index (χ0v) is 23.7. The average molecular weight is 512 g/mol. The highest BCUT2D eigenvalue weighted by molar-refractivity contribution is 6.74. The second-order valence-electron chi connectivity index (χ2n) is 12.0. The van der Waals surface area contributed by atoms with Crippen molar-refractivity contribution in [2.24, 2.45) is 17.8 Å². The fourth-order valence-corrected chi connectivity index (χ4v) is 6.93. The summed E-state index contributed by atoms with van der Waals surface area (Å²) in [5, 5.41) is 0.174. The van der Waals surface area contributed by atoms with Gasteiger partial charge in [-0.05, 0) is 85.5 Å². The third kappa shape index (κ3) is 6.33. The first kappa shape index (κ1) is 27.2. The van der Waals surface area contributed by atoms with Gasteiger partial charge in [0.1, 0.15) is 12.6 Å². The first-order chi connectivity index (χ1) is 17.1. The van der Waals surface area contributed by atoms with Gasteiger partial charge in [0.05, 0.1) is 17.9 Å². The molecule has 2 aliphatic rings. The molecule has 0 amide bonds. The summed E-state index contributed by atoms with van der Waals surface area (Å²) in [7, 11) is -0.219. The first-order valence-electron chi connectivity index (χ1n) is 13.3. The molecule has 36 heavy (non-hydrogen) atoms. The number of fused-ring (bicyclic) bond motifs is 1. The van der Waals surface area contributed by atoms with Crippen LogP contribution in [0.5, 0.6) is 0 Å². The molecule has 0 saturated heterocycles. The average Bonchev–Trinajstić information content (AvgIpc) is 3.16. The van der Waals surface area contributed by atoms with Crippen molar-refractivity contribution in [1.29, 1.82) is 0 Å². The van der Waals surface area contributed by atoms with E-state index < -0.39 is 8.32 Å². The molecule has 196 valence electrons. The number of hydrogen-bond acceptors (Lipinski definition) is 4. The van der Waals surface area contributed by atoms with Gasteiger partial charge in [0.25, 0.3) is 0 Å². The number of nitrogens with zero attached hydrogens (tertiary/aromatic N) is 1. The second-order valence-corrected chi connectivity index (χ2v) is 16.8. The molecular weight excluding hydrogens is 469 g/mol. The van der Waals surface area contributed by atoms with Crippen LogP contribution in [0, 0.1) is 23.6 Å². The van der Waals surface area contributed by atoms with Crippen molar-refractivity contribution < 1.29 is 18.3 Å². The van der Waals surface area contributed by atoms with E-state index in [1.165, 1.54) is 6.07 Å². The molecular formula is C30H42FNO3Si. The fourth-order valence-electron chi connectivity index (χ4n) is 5.57. The van der Waals surface area contributed by atoms with Crippen LogP contribution in [0.15, 0.2) is 48.7 Å². The van der Waals surface area contributed by atoms with E-state index in [9.17, 15) is 4.39 Å². The standard InChI is InChI=1S/C30H42FNO3Si/c1-30(2,3)36(5,6)35-29-18-23-17-26(34-20-33-4)13-15-27(23)28(29)14-12-25-11-10-22(19-32-25)21-8-7-9-24(31)16-21/h7-12,14,16,19,23,26-29H,13,15,17-18,20H2,1-6H3/t23-,26-,27-,28+,29-/m1/s1. The predicted octanol–water partition coefficient (Wildman–Crippen LogP) is 7.72. The summed E-state index contributed by atoms with van der Waals surface area (Å²) in [4.78, 5) is 4.66. The molecule has 2 fully saturated rings. The summed E-state index contributed by atoms with van der Waals surface area (Å²) in [6.45, 7) is 12.0. The molecule has 2 aromatic rings. The normalized spacial score (nSPS) is 26.9. The minimum atomic E-state index is -1.90. The van der Waals surface area contributed by atoms with Gasteiger partial charge in [-0.15, -0.1) is 0 Å². The minimum absolute atomic E-state index is 0.174. The van der Waals surface area contributed by atoms with Gasteiger partial charge in [0, 0.05) is 24.8 Å². The lowest BCUT2D eigenvalue weighted by atomic mass is 9.76. The molecule has 4 rings (SSSR count). The van der Waals surface area contributed by atoms with Gasteiger partial charge >= 0.3 is 0 Å². The maximum absolute atomic E-state index is 13.6. The monoisotopic (exact) mass is 511 g/mol. The third-order valence-corrected chi connectivity index (χ3v) is 13.1. The lowest BCUT2D eigenvalue weighted by molar-refractivity contribution is -0.0930. The van der Waals surface area contributed by atoms with Crippen LogP contribution >= 0.6 is 0 Å². The van der Waals surface area contributed by atoms with Crippen molar-refractivity contribution in [2.45, 2.75) is 76.8 Å². The topological polar surface area (TPSA) is 40.6 Å². The minimum Gasteiger partial charge on any atom is -0.413 e. The van der Waals surface area contributed by atoms with Crippen LogP contribution in [0.1, 0.15) is 52.1 Å². The Labute approximate surface area is 217 Å². The largest absolute Gasteiger partial charge is 0.413 e. The molecule has 1 heterocycles. The Morgan fingerprint density at radius 2 is 1.89 bits per heavy atom. The van der Waals surface area contributed by atoms with Gasteiger partial charge in [0.15, 0.2) is 8.32 Å². The van der Waals surface area contributed by atoms with Crippen molar-refractivity contribution in [2.75, 3.05) is 13.9 Å². The SMILES string of the molecule is COCO[C@@H]1CC[C@@H]2[C@H](C1)C[C@@H](O[Si](C)(C)C(C)(C)C)[C@H]2C=Cc1ccc(-c2cccc(F)c2)cn1. The third-order valence-electron chi connectivity index (χ3n) is 8.56. The highest BCUT2D eigenvalue weighted by atomic mass is 28.4. The summed E-state index contributed by atoms with van der Waals surface area (Å²) in [5.74, 6) is 1.35. The number of methoxy groups -OCH3 is 1. The van der Waals surface area contributed by atoms with Crippen LogP contribution in [0.2, 0.25) is 18.1 Å². The van der Waals surface area contributed by atoms with Crippen LogP contribution < -0.4 is 0 Å². The van der Waals surface area contributed by atoms with E-state index >= 15 is 0 Å². The lowest BCUT2D eigenvalue weighted by Gasteiger charge is -2.40. The number of rotatable bonds is 8. The summed E-state index contributed by atoms with van der Waals surface area (Å²) in [6, 6.07) is 10.7. The Morgan fingerprint density at radius 3 is 2.56 bits per heavy atom.